The van der Waals surface area contributed by atoms with Gasteiger partial charge >= 0.3 is 0 Å². The SMILES string of the molecule is Cc1nnc2n1C[C@H](NCc1csc(-c3ccsc3)n1)CC2. The standard InChI is InChI=1S/C15H17N5S2/c1-10-18-19-14-3-2-12(7-20(10)14)16-6-13-9-22-15(17-13)11-4-5-21-8-11/h4-5,8-9,12,16H,2-3,6-7H2,1H3/t12-/m1/s1. The molecular formula is C15H17N5S2. The maximum Gasteiger partial charge on any atom is 0.133 e. The molecule has 3 aromatic rings. The van der Waals surface area contributed by atoms with Crippen molar-refractivity contribution in [2.75, 3.05) is 0 Å². The van der Waals surface area contributed by atoms with Crippen molar-refractivity contribution < 1.29 is 0 Å². The van der Waals surface area contributed by atoms with Crippen molar-refractivity contribution in [2.45, 2.75) is 38.9 Å². The Bertz CT molecular complexity index is 759. The lowest BCUT2D eigenvalue weighted by atomic mass is 10.1. The van der Waals surface area contributed by atoms with Gasteiger partial charge in [0.2, 0.25) is 0 Å². The average Bonchev–Trinajstić information content (AvgIpc) is 3.26. The van der Waals surface area contributed by atoms with Crippen LogP contribution in [0.3, 0.4) is 0 Å². The van der Waals surface area contributed by atoms with Crippen LogP contribution in [0.1, 0.15) is 23.8 Å². The van der Waals surface area contributed by atoms with Gasteiger partial charge in [-0.15, -0.1) is 21.5 Å². The second-order valence-corrected chi connectivity index (χ2v) is 7.18. The number of thiophene rings is 1. The van der Waals surface area contributed by atoms with Crippen LogP contribution < -0.4 is 5.32 Å². The first kappa shape index (κ1) is 14.0. The van der Waals surface area contributed by atoms with Gasteiger partial charge in [-0.05, 0) is 24.8 Å². The maximum atomic E-state index is 4.72. The van der Waals surface area contributed by atoms with Crippen LogP contribution >= 0.6 is 22.7 Å². The fraction of sp³-hybridized carbons (Fsp3) is 0.400. The molecule has 4 rings (SSSR count). The molecule has 3 aromatic heterocycles. The molecule has 0 spiro atoms. The van der Waals surface area contributed by atoms with Gasteiger partial charge in [0.15, 0.2) is 0 Å². The largest absolute Gasteiger partial charge is 0.314 e. The minimum Gasteiger partial charge on any atom is -0.314 e. The first-order valence-electron chi connectivity index (χ1n) is 7.38. The Balaban J connectivity index is 1.38. The molecule has 0 bridgehead atoms. The summed E-state index contributed by atoms with van der Waals surface area (Å²) in [6.45, 7) is 3.80. The topological polar surface area (TPSA) is 55.6 Å². The van der Waals surface area contributed by atoms with E-state index in [1.807, 2.05) is 6.92 Å². The van der Waals surface area contributed by atoms with Crippen molar-refractivity contribution in [1.82, 2.24) is 25.1 Å². The molecule has 0 unspecified atom stereocenters. The van der Waals surface area contributed by atoms with Gasteiger partial charge in [0.25, 0.3) is 0 Å². The number of nitrogens with one attached hydrogen (secondary N) is 1. The summed E-state index contributed by atoms with van der Waals surface area (Å²) in [4.78, 5) is 4.72. The summed E-state index contributed by atoms with van der Waals surface area (Å²) in [6, 6.07) is 2.59. The fourth-order valence-electron chi connectivity index (χ4n) is 2.78. The van der Waals surface area contributed by atoms with Gasteiger partial charge in [0.1, 0.15) is 16.7 Å². The zero-order valence-corrected chi connectivity index (χ0v) is 14.0. The molecule has 1 aliphatic heterocycles. The zero-order chi connectivity index (χ0) is 14.9. The van der Waals surface area contributed by atoms with Gasteiger partial charge < -0.3 is 9.88 Å². The summed E-state index contributed by atoms with van der Waals surface area (Å²) in [7, 11) is 0. The van der Waals surface area contributed by atoms with E-state index >= 15 is 0 Å². The van der Waals surface area contributed by atoms with E-state index in [1.165, 1.54) is 5.56 Å². The Morgan fingerprint density at radius 1 is 1.36 bits per heavy atom. The first-order chi connectivity index (χ1) is 10.8. The molecule has 0 aromatic carbocycles. The Morgan fingerprint density at radius 3 is 3.18 bits per heavy atom. The van der Waals surface area contributed by atoms with Crippen LogP contribution in [0.15, 0.2) is 22.2 Å². The van der Waals surface area contributed by atoms with E-state index in [-0.39, 0.29) is 0 Å². The number of nitrogens with zero attached hydrogens (tertiary/aromatic N) is 4. The Labute approximate surface area is 137 Å². The maximum absolute atomic E-state index is 4.72. The molecule has 1 aliphatic rings. The van der Waals surface area contributed by atoms with Crippen molar-refractivity contribution in [1.29, 1.82) is 0 Å². The van der Waals surface area contributed by atoms with E-state index < -0.39 is 0 Å². The Hall–Kier alpha value is -1.57. The number of rotatable bonds is 4. The minimum absolute atomic E-state index is 0.466. The van der Waals surface area contributed by atoms with E-state index in [1.54, 1.807) is 22.7 Å². The smallest absolute Gasteiger partial charge is 0.133 e. The molecule has 4 heterocycles. The van der Waals surface area contributed by atoms with Crippen LogP contribution in [0.5, 0.6) is 0 Å². The molecule has 0 aliphatic carbocycles. The van der Waals surface area contributed by atoms with Crippen LogP contribution in [-0.4, -0.2) is 25.8 Å². The van der Waals surface area contributed by atoms with Gasteiger partial charge in [-0.25, -0.2) is 4.98 Å². The summed E-state index contributed by atoms with van der Waals surface area (Å²) in [5.74, 6) is 2.12. The van der Waals surface area contributed by atoms with Crippen LogP contribution in [0.4, 0.5) is 0 Å². The summed E-state index contributed by atoms with van der Waals surface area (Å²) in [5, 5.41) is 19.5. The molecule has 5 nitrogen and oxygen atoms in total. The van der Waals surface area contributed by atoms with Crippen LogP contribution in [0.2, 0.25) is 0 Å². The van der Waals surface area contributed by atoms with Crippen molar-refractivity contribution in [3.63, 3.8) is 0 Å². The van der Waals surface area contributed by atoms with Gasteiger partial charge in [-0.3, -0.25) is 0 Å². The number of hydrogen-bond donors (Lipinski definition) is 1. The molecule has 22 heavy (non-hydrogen) atoms. The predicted molar refractivity (Wildman–Crippen MR) is 89.1 cm³/mol. The monoisotopic (exact) mass is 331 g/mol. The van der Waals surface area contributed by atoms with E-state index in [4.69, 9.17) is 4.98 Å². The Morgan fingerprint density at radius 2 is 2.32 bits per heavy atom. The number of hydrogen-bond acceptors (Lipinski definition) is 6. The van der Waals surface area contributed by atoms with Gasteiger partial charge in [0.05, 0.1) is 5.69 Å². The summed E-state index contributed by atoms with van der Waals surface area (Å²) >= 11 is 3.43. The summed E-state index contributed by atoms with van der Waals surface area (Å²) in [6.07, 6.45) is 2.11. The first-order valence-corrected chi connectivity index (χ1v) is 9.21. The highest BCUT2D eigenvalue weighted by Gasteiger charge is 2.21. The van der Waals surface area contributed by atoms with Crippen LogP contribution in [0.25, 0.3) is 10.6 Å². The average molecular weight is 331 g/mol. The minimum atomic E-state index is 0.466. The molecule has 7 heteroatoms. The fourth-order valence-corrected chi connectivity index (χ4v) is 4.32. The van der Waals surface area contributed by atoms with Gasteiger partial charge in [-0.2, -0.15) is 11.3 Å². The van der Waals surface area contributed by atoms with Crippen LogP contribution in [-0.2, 0) is 19.5 Å². The molecule has 0 fully saturated rings. The third kappa shape index (κ3) is 2.71. The molecule has 1 atom stereocenters. The van der Waals surface area contributed by atoms with Crippen molar-refractivity contribution in [2.24, 2.45) is 0 Å². The molecule has 114 valence electrons. The van der Waals surface area contributed by atoms with Crippen molar-refractivity contribution in [3.05, 3.63) is 39.5 Å². The van der Waals surface area contributed by atoms with E-state index in [2.05, 4.69) is 42.3 Å². The van der Waals surface area contributed by atoms with Gasteiger partial charge in [0, 0.05) is 41.9 Å². The molecule has 0 saturated carbocycles. The lowest BCUT2D eigenvalue weighted by Crippen LogP contribution is -2.37. The summed E-state index contributed by atoms with van der Waals surface area (Å²) < 4.78 is 2.22. The molecule has 0 saturated heterocycles. The number of thiazole rings is 1. The quantitative estimate of drug-likeness (QED) is 0.799. The van der Waals surface area contributed by atoms with E-state index in [0.717, 1.165) is 48.3 Å². The second kappa shape index (κ2) is 5.91. The van der Waals surface area contributed by atoms with Crippen LogP contribution in [0, 0.1) is 6.92 Å². The highest BCUT2D eigenvalue weighted by Crippen LogP contribution is 2.25. The highest BCUT2D eigenvalue weighted by molar-refractivity contribution is 7.14. The third-order valence-electron chi connectivity index (χ3n) is 4.02. The number of aryl methyl sites for hydroxylation is 2. The normalized spacial score (nSPS) is 17.6. The predicted octanol–water partition coefficient (Wildman–Crippen LogP) is 2.88. The second-order valence-electron chi connectivity index (χ2n) is 5.55. The highest BCUT2D eigenvalue weighted by atomic mass is 32.1. The van der Waals surface area contributed by atoms with Crippen molar-refractivity contribution in [3.8, 4) is 10.6 Å². The van der Waals surface area contributed by atoms with E-state index in [0.29, 0.717) is 6.04 Å². The van der Waals surface area contributed by atoms with Gasteiger partial charge in [-0.1, -0.05) is 0 Å². The number of fused-ring (bicyclic) bond motifs is 1. The molecule has 1 N–H and O–H groups in total. The van der Waals surface area contributed by atoms with E-state index in [9.17, 15) is 0 Å². The zero-order valence-electron chi connectivity index (χ0n) is 12.3. The summed E-state index contributed by atoms with van der Waals surface area (Å²) in [5.41, 5.74) is 2.35. The Kier molecular flexibility index (Phi) is 3.77. The molecule has 0 amide bonds. The number of aromatic nitrogens is 4. The third-order valence-corrected chi connectivity index (χ3v) is 5.65. The molecule has 0 radical (unpaired) electrons. The molecular weight excluding hydrogens is 314 g/mol. The lowest BCUT2D eigenvalue weighted by Gasteiger charge is -2.24. The lowest BCUT2D eigenvalue weighted by molar-refractivity contribution is 0.374. The van der Waals surface area contributed by atoms with Crippen molar-refractivity contribution >= 4 is 22.7 Å².